The summed E-state index contributed by atoms with van der Waals surface area (Å²) in [6.45, 7) is 0. The van der Waals surface area contributed by atoms with E-state index in [1.54, 1.807) is 0 Å². The molecule has 0 spiro atoms. The van der Waals surface area contributed by atoms with Crippen LogP contribution in [0.1, 0.15) is 24.6 Å². The SMILES string of the molecule is OC1CC(n2ccc(C(F)(F)F)n2)C1. The highest BCUT2D eigenvalue weighted by molar-refractivity contribution is 5.04. The Morgan fingerprint density at radius 2 is 2.07 bits per heavy atom. The van der Waals surface area contributed by atoms with Gasteiger partial charge in [-0.1, -0.05) is 0 Å². The van der Waals surface area contributed by atoms with Crippen molar-refractivity contribution in [2.45, 2.75) is 31.2 Å². The number of hydrogen-bond acceptors (Lipinski definition) is 2. The lowest BCUT2D eigenvalue weighted by atomic mass is 9.90. The molecule has 1 aliphatic rings. The van der Waals surface area contributed by atoms with E-state index in [0.717, 1.165) is 6.07 Å². The molecule has 0 bridgehead atoms. The number of aromatic nitrogens is 2. The molecule has 3 nitrogen and oxygen atoms in total. The molecule has 0 radical (unpaired) electrons. The van der Waals surface area contributed by atoms with Gasteiger partial charge in [0.1, 0.15) is 0 Å². The number of halogens is 3. The summed E-state index contributed by atoms with van der Waals surface area (Å²) in [5.74, 6) is 0. The minimum Gasteiger partial charge on any atom is -0.393 e. The first-order valence-corrected chi connectivity index (χ1v) is 4.27. The minimum atomic E-state index is -4.38. The summed E-state index contributed by atoms with van der Waals surface area (Å²) in [6, 6.07) is 0.867. The average Bonchev–Trinajstić information content (AvgIpc) is 2.45. The lowest BCUT2D eigenvalue weighted by Gasteiger charge is -2.31. The van der Waals surface area contributed by atoms with Gasteiger partial charge in [-0.05, 0) is 18.9 Å². The number of rotatable bonds is 1. The molecule has 14 heavy (non-hydrogen) atoms. The van der Waals surface area contributed by atoms with Crippen molar-refractivity contribution in [3.8, 4) is 0 Å². The largest absolute Gasteiger partial charge is 0.435 e. The molecule has 0 unspecified atom stereocenters. The maximum atomic E-state index is 12.1. The van der Waals surface area contributed by atoms with Crippen LogP contribution in [0.5, 0.6) is 0 Å². The van der Waals surface area contributed by atoms with Crippen molar-refractivity contribution in [3.05, 3.63) is 18.0 Å². The maximum absolute atomic E-state index is 12.1. The Labute approximate surface area is 78.1 Å². The molecule has 2 rings (SSSR count). The van der Waals surface area contributed by atoms with Gasteiger partial charge in [-0.15, -0.1) is 0 Å². The van der Waals surface area contributed by atoms with E-state index in [1.807, 2.05) is 0 Å². The van der Waals surface area contributed by atoms with Gasteiger partial charge in [0.2, 0.25) is 0 Å². The topological polar surface area (TPSA) is 38.0 Å². The molecule has 6 heteroatoms. The summed E-state index contributed by atoms with van der Waals surface area (Å²) < 4.78 is 37.7. The molecule has 1 aliphatic carbocycles. The highest BCUT2D eigenvalue weighted by Gasteiger charge is 2.36. The zero-order valence-electron chi connectivity index (χ0n) is 7.20. The van der Waals surface area contributed by atoms with E-state index in [0.29, 0.717) is 12.8 Å². The second-order valence-electron chi connectivity index (χ2n) is 3.46. The van der Waals surface area contributed by atoms with Gasteiger partial charge in [-0.2, -0.15) is 18.3 Å². The molecular formula is C8H9F3N2O. The molecule has 1 aromatic heterocycles. The summed E-state index contributed by atoms with van der Waals surface area (Å²) in [5, 5.41) is 12.4. The fraction of sp³-hybridized carbons (Fsp3) is 0.625. The zero-order valence-corrected chi connectivity index (χ0v) is 7.20. The molecular weight excluding hydrogens is 197 g/mol. The second kappa shape index (κ2) is 2.98. The Hall–Kier alpha value is -1.04. The van der Waals surface area contributed by atoms with Crippen molar-refractivity contribution < 1.29 is 18.3 Å². The Bertz CT molecular complexity index is 328. The van der Waals surface area contributed by atoms with E-state index in [9.17, 15) is 13.2 Å². The molecule has 0 aliphatic heterocycles. The number of nitrogens with zero attached hydrogens (tertiary/aromatic N) is 2. The van der Waals surface area contributed by atoms with Crippen molar-refractivity contribution in [2.24, 2.45) is 0 Å². The predicted molar refractivity (Wildman–Crippen MR) is 41.5 cm³/mol. The third-order valence-electron chi connectivity index (χ3n) is 2.36. The van der Waals surface area contributed by atoms with Gasteiger partial charge in [0, 0.05) is 6.20 Å². The van der Waals surface area contributed by atoms with E-state index < -0.39 is 18.0 Å². The van der Waals surface area contributed by atoms with Crippen molar-refractivity contribution in [3.63, 3.8) is 0 Å². The van der Waals surface area contributed by atoms with Crippen LogP contribution in [-0.2, 0) is 6.18 Å². The summed E-state index contributed by atoms with van der Waals surface area (Å²) in [5.41, 5.74) is -0.876. The fourth-order valence-electron chi connectivity index (χ4n) is 1.47. The van der Waals surface area contributed by atoms with Crippen LogP contribution < -0.4 is 0 Å². The van der Waals surface area contributed by atoms with Gasteiger partial charge < -0.3 is 5.11 Å². The van der Waals surface area contributed by atoms with Crippen LogP contribution in [0.4, 0.5) is 13.2 Å². The highest BCUT2D eigenvalue weighted by atomic mass is 19.4. The molecule has 78 valence electrons. The molecule has 1 fully saturated rings. The number of aliphatic hydroxyl groups is 1. The van der Waals surface area contributed by atoms with E-state index >= 15 is 0 Å². The molecule has 0 amide bonds. The van der Waals surface area contributed by atoms with Crippen molar-refractivity contribution >= 4 is 0 Å². The third kappa shape index (κ3) is 1.61. The number of alkyl halides is 3. The van der Waals surface area contributed by atoms with E-state index in [1.165, 1.54) is 10.9 Å². The van der Waals surface area contributed by atoms with Gasteiger partial charge in [0.15, 0.2) is 5.69 Å². The van der Waals surface area contributed by atoms with Crippen LogP contribution in [0, 0.1) is 0 Å². The maximum Gasteiger partial charge on any atom is 0.435 e. The van der Waals surface area contributed by atoms with Crippen LogP contribution in [0.15, 0.2) is 12.3 Å². The van der Waals surface area contributed by atoms with Crippen LogP contribution in [0.3, 0.4) is 0 Å². The summed E-state index contributed by atoms with van der Waals surface area (Å²) in [6.07, 6.45) is -2.50. The van der Waals surface area contributed by atoms with Crippen molar-refractivity contribution in [1.29, 1.82) is 0 Å². The average molecular weight is 206 g/mol. The summed E-state index contributed by atoms with van der Waals surface area (Å²) >= 11 is 0. The second-order valence-corrected chi connectivity index (χ2v) is 3.46. The first-order chi connectivity index (χ1) is 6.47. The standard InChI is InChI=1S/C8H9F3N2O/c9-8(10,11)7-1-2-13(12-7)5-3-6(14)4-5/h1-2,5-6,14H,3-4H2. The monoisotopic (exact) mass is 206 g/mol. The van der Waals surface area contributed by atoms with Crippen molar-refractivity contribution in [1.82, 2.24) is 9.78 Å². The van der Waals surface area contributed by atoms with Gasteiger partial charge in [-0.25, -0.2) is 0 Å². The van der Waals surface area contributed by atoms with Crippen LogP contribution in [0.25, 0.3) is 0 Å². The third-order valence-corrected chi connectivity index (χ3v) is 2.36. The Morgan fingerprint density at radius 3 is 2.50 bits per heavy atom. The number of aliphatic hydroxyl groups excluding tert-OH is 1. The lowest BCUT2D eigenvalue weighted by Crippen LogP contribution is -2.31. The Morgan fingerprint density at radius 1 is 1.43 bits per heavy atom. The molecule has 0 aromatic carbocycles. The quantitative estimate of drug-likeness (QED) is 0.757. The number of hydrogen-bond donors (Lipinski definition) is 1. The van der Waals surface area contributed by atoms with Crippen molar-refractivity contribution in [2.75, 3.05) is 0 Å². The van der Waals surface area contributed by atoms with E-state index in [2.05, 4.69) is 5.10 Å². The van der Waals surface area contributed by atoms with Crippen LogP contribution in [-0.4, -0.2) is 21.0 Å². The first-order valence-electron chi connectivity index (χ1n) is 4.27. The molecule has 1 saturated carbocycles. The summed E-state index contributed by atoms with van der Waals surface area (Å²) in [7, 11) is 0. The molecule has 1 heterocycles. The highest BCUT2D eigenvalue weighted by Crippen LogP contribution is 2.33. The van der Waals surface area contributed by atoms with Gasteiger partial charge in [0.25, 0.3) is 0 Å². The van der Waals surface area contributed by atoms with Crippen LogP contribution >= 0.6 is 0 Å². The van der Waals surface area contributed by atoms with E-state index in [4.69, 9.17) is 5.11 Å². The van der Waals surface area contributed by atoms with Gasteiger partial charge in [-0.3, -0.25) is 4.68 Å². The molecule has 1 N–H and O–H groups in total. The molecule has 0 saturated heterocycles. The van der Waals surface area contributed by atoms with Gasteiger partial charge in [0.05, 0.1) is 12.1 Å². The lowest BCUT2D eigenvalue weighted by molar-refractivity contribution is -0.141. The zero-order chi connectivity index (χ0) is 10.3. The Balaban J connectivity index is 2.11. The molecule has 1 aromatic rings. The molecule has 0 atom stereocenters. The normalized spacial score (nSPS) is 27.4. The Kier molecular flexibility index (Phi) is 2.02. The smallest absolute Gasteiger partial charge is 0.393 e. The first kappa shape index (κ1) is 9.51. The summed E-state index contributed by atoms with van der Waals surface area (Å²) in [4.78, 5) is 0. The fourth-order valence-corrected chi connectivity index (χ4v) is 1.47. The minimum absolute atomic E-state index is 0.0823. The van der Waals surface area contributed by atoms with Gasteiger partial charge >= 0.3 is 6.18 Å². The van der Waals surface area contributed by atoms with E-state index in [-0.39, 0.29) is 6.04 Å². The van der Waals surface area contributed by atoms with Crippen LogP contribution in [0.2, 0.25) is 0 Å². The predicted octanol–water partition coefficient (Wildman–Crippen LogP) is 1.60.